The molecule has 0 fully saturated rings. The van der Waals surface area contributed by atoms with Crippen molar-refractivity contribution in [1.29, 1.82) is 5.26 Å². The predicted molar refractivity (Wildman–Crippen MR) is 78.3 cm³/mol. The van der Waals surface area contributed by atoms with Crippen LogP contribution in [0.25, 0.3) is 0 Å². The summed E-state index contributed by atoms with van der Waals surface area (Å²) in [5.41, 5.74) is 8.41. The molecule has 0 saturated heterocycles. The molecule has 1 atom stereocenters. The molecule has 112 valence electrons. The third kappa shape index (κ3) is 2.21. The first-order chi connectivity index (χ1) is 10.7. The second kappa shape index (κ2) is 5.53. The lowest BCUT2D eigenvalue weighted by Crippen LogP contribution is -2.21. The molecule has 1 aromatic heterocycles. The number of halogens is 1. The van der Waals surface area contributed by atoms with E-state index in [1.807, 2.05) is 6.92 Å². The zero-order chi connectivity index (χ0) is 15.7. The van der Waals surface area contributed by atoms with Crippen molar-refractivity contribution in [2.45, 2.75) is 25.7 Å². The van der Waals surface area contributed by atoms with Crippen LogP contribution < -0.4 is 10.5 Å². The van der Waals surface area contributed by atoms with E-state index in [2.05, 4.69) is 16.3 Å². The average Bonchev–Trinajstić information content (AvgIpc) is 2.88. The molecule has 0 unspecified atom stereocenters. The van der Waals surface area contributed by atoms with E-state index in [0.29, 0.717) is 11.4 Å². The van der Waals surface area contributed by atoms with E-state index in [1.165, 1.54) is 12.1 Å². The van der Waals surface area contributed by atoms with Crippen LogP contribution in [0, 0.1) is 17.1 Å². The fraction of sp³-hybridized carbons (Fsp3) is 0.250. The molecule has 0 bridgehead atoms. The summed E-state index contributed by atoms with van der Waals surface area (Å²) in [6.45, 7) is 2.05. The highest BCUT2D eigenvalue weighted by Gasteiger charge is 2.34. The normalized spacial score (nSPS) is 16.9. The number of aromatic nitrogens is 2. The van der Waals surface area contributed by atoms with Crippen molar-refractivity contribution >= 4 is 0 Å². The number of hydrogen-bond acceptors (Lipinski definition) is 4. The van der Waals surface area contributed by atoms with E-state index in [0.717, 1.165) is 24.1 Å². The number of hydrogen-bond donors (Lipinski definition) is 2. The number of aromatic amines is 1. The van der Waals surface area contributed by atoms with Crippen molar-refractivity contribution in [1.82, 2.24) is 10.2 Å². The molecule has 1 aliphatic rings. The zero-order valence-electron chi connectivity index (χ0n) is 12.1. The van der Waals surface area contributed by atoms with Gasteiger partial charge in [0.15, 0.2) is 0 Å². The lowest BCUT2D eigenvalue weighted by molar-refractivity contribution is 0.378. The lowest BCUT2D eigenvalue weighted by atomic mass is 9.83. The third-order valence-corrected chi connectivity index (χ3v) is 3.70. The number of aryl methyl sites for hydroxylation is 1. The molecular weight excluding hydrogens is 283 g/mol. The molecule has 2 heterocycles. The van der Waals surface area contributed by atoms with Gasteiger partial charge in [0.1, 0.15) is 17.5 Å². The Bertz CT molecular complexity index is 788. The van der Waals surface area contributed by atoms with Crippen LogP contribution in [-0.2, 0) is 6.42 Å². The van der Waals surface area contributed by atoms with E-state index < -0.39 is 5.92 Å². The van der Waals surface area contributed by atoms with E-state index in [1.54, 1.807) is 12.1 Å². The first-order valence-corrected chi connectivity index (χ1v) is 7.05. The van der Waals surface area contributed by atoms with Gasteiger partial charge in [-0.2, -0.15) is 5.26 Å². The smallest absolute Gasteiger partial charge is 0.244 e. The Morgan fingerprint density at radius 2 is 2.32 bits per heavy atom. The highest BCUT2D eigenvalue weighted by Crippen LogP contribution is 2.43. The molecule has 0 amide bonds. The van der Waals surface area contributed by atoms with Gasteiger partial charge >= 0.3 is 0 Å². The molecule has 1 aliphatic heterocycles. The van der Waals surface area contributed by atoms with Crippen LogP contribution in [0.15, 0.2) is 35.7 Å². The molecule has 0 radical (unpaired) electrons. The molecule has 5 nitrogen and oxygen atoms in total. The van der Waals surface area contributed by atoms with Gasteiger partial charge in [0.05, 0.1) is 5.92 Å². The SMILES string of the molecule is CCCc1[nH]nc2c1[C@H](c1cccc(F)c1)C(C#N)=C(N)O2. The molecule has 0 aliphatic carbocycles. The highest BCUT2D eigenvalue weighted by atomic mass is 19.1. The zero-order valence-corrected chi connectivity index (χ0v) is 12.1. The summed E-state index contributed by atoms with van der Waals surface area (Å²) < 4.78 is 19.1. The summed E-state index contributed by atoms with van der Waals surface area (Å²) in [6, 6.07) is 8.25. The van der Waals surface area contributed by atoms with Gasteiger partial charge in [-0.25, -0.2) is 4.39 Å². The lowest BCUT2D eigenvalue weighted by Gasteiger charge is -2.24. The summed E-state index contributed by atoms with van der Waals surface area (Å²) in [4.78, 5) is 0. The number of ether oxygens (including phenoxy) is 1. The Kier molecular flexibility index (Phi) is 3.55. The number of nitrogens with two attached hydrogens (primary N) is 1. The number of nitrogens with zero attached hydrogens (tertiary/aromatic N) is 2. The number of nitriles is 1. The quantitative estimate of drug-likeness (QED) is 0.912. The largest absolute Gasteiger partial charge is 0.420 e. The number of rotatable bonds is 3. The van der Waals surface area contributed by atoms with Crippen molar-refractivity contribution in [3.8, 4) is 11.9 Å². The van der Waals surface area contributed by atoms with Gasteiger partial charge in [0.25, 0.3) is 0 Å². The van der Waals surface area contributed by atoms with Crippen molar-refractivity contribution in [3.05, 3.63) is 58.4 Å². The molecule has 6 heteroatoms. The predicted octanol–water partition coefficient (Wildman–Crippen LogP) is 2.72. The highest BCUT2D eigenvalue weighted by molar-refractivity contribution is 5.55. The number of nitrogens with one attached hydrogen (secondary N) is 1. The Morgan fingerprint density at radius 1 is 1.50 bits per heavy atom. The number of fused-ring (bicyclic) bond motifs is 1. The average molecular weight is 298 g/mol. The van der Waals surface area contributed by atoms with Gasteiger partial charge in [-0.1, -0.05) is 25.5 Å². The minimum Gasteiger partial charge on any atom is -0.420 e. The topological polar surface area (TPSA) is 87.7 Å². The monoisotopic (exact) mass is 298 g/mol. The summed E-state index contributed by atoms with van der Waals surface area (Å²) in [7, 11) is 0. The summed E-state index contributed by atoms with van der Waals surface area (Å²) in [6.07, 6.45) is 1.67. The molecule has 0 spiro atoms. The Hall–Kier alpha value is -2.81. The Labute approximate surface area is 127 Å². The summed E-state index contributed by atoms with van der Waals surface area (Å²) >= 11 is 0. The van der Waals surface area contributed by atoms with Crippen LogP contribution in [0.4, 0.5) is 4.39 Å². The number of benzene rings is 1. The maximum absolute atomic E-state index is 13.6. The van der Waals surface area contributed by atoms with Crippen LogP contribution in [0.2, 0.25) is 0 Å². The molecule has 2 aromatic rings. The fourth-order valence-electron chi connectivity index (χ4n) is 2.77. The van der Waals surface area contributed by atoms with Gasteiger partial charge in [-0.15, -0.1) is 5.10 Å². The molecule has 3 N–H and O–H groups in total. The maximum atomic E-state index is 13.6. The number of H-pyrrole nitrogens is 1. The second-order valence-electron chi connectivity index (χ2n) is 5.15. The van der Waals surface area contributed by atoms with Crippen LogP contribution >= 0.6 is 0 Å². The second-order valence-corrected chi connectivity index (χ2v) is 5.15. The molecule has 3 rings (SSSR count). The van der Waals surface area contributed by atoms with Crippen LogP contribution in [0.5, 0.6) is 5.88 Å². The van der Waals surface area contributed by atoms with Crippen molar-refractivity contribution < 1.29 is 9.13 Å². The van der Waals surface area contributed by atoms with Gasteiger partial charge in [0.2, 0.25) is 11.8 Å². The minimum absolute atomic E-state index is 0.0128. The summed E-state index contributed by atoms with van der Waals surface area (Å²) in [5, 5.41) is 16.5. The molecular formula is C16H15FN4O. The van der Waals surface area contributed by atoms with E-state index in [-0.39, 0.29) is 17.3 Å². The van der Waals surface area contributed by atoms with E-state index in [4.69, 9.17) is 10.5 Å². The van der Waals surface area contributed by atoms with Crippen LogP contribution in [0.3, 0.4) is 0 Å². The van der Waals surface area contributed by atoms with Gasteiger partial charge < -0.3 is 10.5 Å². The maximum Gasteiger partial charge on any atom is 0.244 e. The fourth-order valence-corrected chi connectivity index (χ4v) is 2.77. The standard InChI is InChI=1S/C16H15FN4O/c1-2-4-12-14-13(9-5-3-6-10(17)7-9)11(8-18)15(19)22-16(14)21-20-12/h3,5-7,13H,2,4,19H2,1H3,(H,20,21)/t13-/m1/s1. The van der Waals surface area contributed by atoms with Gasteiger partial charge in [-0.05, 0) is 24.1 Å². The number of allylic oxidation sites excluding steroid dienone is 1. The molecule has 0 saturated carbocycles. The molecule has 22 heavy (non-hydrogen) atoms. The van der Waals surface area contributed by atoms with Gasteiger partial charge in [-0.3, -0.25) is 5.10 Å². The molecule has 1 aromatic carbocycles. The van der Waals surface area contributed by atoms with E-state index >= 15 is 0 Å². The van der Waals surface area contributed by atoms with Gasteiger partial charge in [0, 0.05) is 11.3 Å². The van der Waals surface area contributed by atoms with Crippen LogP contribution in [0.1, 0.15) is 36.1 Å². The summed E-state index contributed by atoms with van der Waals surface area (Å²) in [5.74, 6) is -0.459. The van der Waals surface area contributed by atoms with Crippen molar-refractivity contribution in [3.63, 3.8) is 0 Å². The Balaban J connectivity index is 2.21. The van der Waals surface area contributed by atoms with Crippen LogP contribution in [-0.4, -0.2) is 10.2 Å². The van der Waals surface area contributed by atoms with E-state index in [9.17, 15) is 9.65 Å². The third-order valence-electron chi connectivity index (χ3n) is 3.70. The van der Waals surface area contributed by atoms with Crippen molar-refractivity contribution in [2.24, 2.45) is 5.73 Å². The first kappa shape index (κ1) is 14.1. The first-order valence-electron chi connectivity index (χ1n) is 7.05. The van der Waals surface area contributed by atoms with Crippen molar-refractivity contribution in [2.75, 3.05) is 0 Å². The minimum atomic E-state index is -0.468. The Morgan fingerprint density at radius 3 is 3.00 bits per heavy atom.